The molecule has 2 aliphatic heterocycles. The second-order valence-electron chi connectivity index (χ2n) is 4.04. The number of carbonyl (C=O) groups excluding carboxylic acids is 2. The number of ether oxygens (including phenoxy) is 1. The minimum Gasteiger partial charge on any atom is -0.365 e. The van der Waals surface area contributed by atoms with Crippen LogP contribution in [0.15, 0.2) is 0 Å². The third-order valence-corrected chi connectivity index (χ3v) is 2.95. The summed E-state index contributed by atoms with van der Waals surface area (Å²) in [6.45, 7) is 4.51. The van der Waals surface area contributed by atoms with Crippen LogP contribution in [0.2, 0.25) is 0 Å². The van der Waals surface area contributed by atoms with Crippen LogP contribution >= 0.6 is 0 Å². The topological polar surface area (TPSA) is 61.9 Å². The maximum absolute atomic E-state index is 12.0. The molecule has 1 N–H and O–H groups in total. The second kappa shape index (κ2) is 5.27. The van der Waals surface area contributed by atoms with Crippen LogP contribution in [0.25, 0.3) is 0 Å². The molecule has 0 saturated carbocycles. The first-order valence-electron chi connectivity index (χ1n) is 5.61. The van der Waals surface area contributed by atoms with E-state index in [-0.39, 0.29) is 5.91 Å². The van der Waals surface area contributed by atoms with Gasteiger partial charge in [0, 0.05) is 32.7 Å². The molecule has 2 heterocycles. The number of nitrogens with one attached hydrogen (secondary N) is 1. The Kier molecular flexibility index (Phi) is 3.74. The fraction of sp³-hybridized carbons (Fsp3) is 0.800. The number of hydrogen-bond acceptors (Lipinski definition) is 4. The largest absolute Gasteiger partial charge is 0.365 e. The second-order valence-corrected chi connectivity index (χ2v) is 4.04. The van der Waals surface area contributed by atoms with Crippen molar-refractivity contribution in [3.05, 3.63) is 0 Å². The summed E-state index contributed by atoms with van der Waals surface area (Å²) in [7, 11) is 0. The van der Waals surface area contributed by atoms with E-state index in [2.05, 4.69) is 5.32 Å². The van der Waals surface area contributed by atoms with Gasteiger partial charge in [-0.3, -0.25) is 9.59 Å². The van der Waals surface area contributed by atoms with Crippen molar-refractivity contribution in [3.63, 3.8) is 0 Å². The minimum absolute atomic E-state index is 0.00745. The van der Waals surface area contributed by atoms with Crippen LogP contribution in [0.1, 0.15) is 0 Å². The highest BCUT2D eigenvalue weighted by molar-refractivity contribution is 5.81. The number of hydrogen-bond donors (Lipinski definition) is 1. The monoisotopic (exact) mass is 227 g/mol. The van der Waals surface area contributed by atoms with Gasteiger partial charge in [0.1, 0.15) is 0 Å². The normalized spacial score (nSPS) is 26.6. The lowest BCUT2D eigenvalue weighted by molar-refractivity contribution is -0.151. The summed E-state index contributed by atoms with van der Waals surface area (Å²) in [5, 5.41) is 3.19. The van der Waals surface area contributed by atoms with E-state index in [9.17, 15) is 9.59 Å². The molecule has 0 aromatic heterocycles. The van der Waals surface area contributed by atoms with Gasteiger partial charge in [-0.25, -0.2) is 0 Å². The summed E-state index contributed by atoms with van der Waals surface area (Å²) in [4.78, 5) is 26.1. The predicted octanol–water partition coefficient (Wildman–Crippen LogP) is -1.72. The third-order valence-electron chi connectivity index (χ3n) is 2.95. The number of carbonyl (C=O) groups is 2. The summed E-state index contributed by atoms with van der Waals surface area (Å²) in [5.41, 5.74) is 0. The molecule has 1 atom stereocenters. The maximum Gasteiger partial charge on any atom is 0.253 e. The first-order chi connectivity index (χ1) is 7.81. The molecule has 16 heavy (non-hydrogen) atoms. The van der Waals surface area contributed by atoms with Gasteiger partial charge in [-0.2, -0.15) is 0 Å². The molecule has 0 radical (unpaired) electrons. The lowest BCUT2D eigenvalue weighted by Crippen LogP contribution is -2.54. The van der Waals surface area contributed by atoms with Gasteiger partial charge in [-0.1, -0.05) is 0 Å². The van der Waals surface area contributed by atoms with Crippen molar-refractivity contribution in [2.45, 2.75) is 6.10 Å². The summed E-state index contributed by atoms with van der Waals surface area (Å²) < 4.78 is 5.41. The summed E-state index contributed by atoms with van der Waals surface area (Å²) in [6.07, 6.45) is 0.303. The van der Waals surface area contributed by atoms with Crippen LogP contribution in [0.5, 0.6) is 0 Å². The van der Waals surface area contributed by atoms with E-state index in [0.717, 1.165) is 32.6 Å². The van der Waals surface area contributed by atoms with E-state index in [1.165, 1.54) is 0 Å². The predicted molar refractivity (Wildman–Crippen MR) is 56.8 cm³/mol. The fourth-order valence-corrected chi connectivity index (χ4v) is 2.00. The molecule has 6 heteroatoms. The van der Waals surface area contributed by atoms with Crippen molar-refractivity contribution in [1.82, 2.24) is 15.1 Å². The maximum atomic E-state index is 12.0. The molecule has 1 unspecified atom stereocenters. The molecule has 0 aromatic carbocycles. The van der Waals surface area contributed by atoms with Crippen molar-refractivity contribution in [2.75, 3.05) is 45.9 Å². The zero-order valence-electron chi connectivity index (χ0n) is 9.22. The van der Waals surface area contributed by atoms with Gasteiger partial charge in [0.25, 0.3) is 5.91 Å². The lowest BCUT2D eigenvalue weighted by Gasteiger charge is -2.34. The lowest BCUT2D eigenvalue weighted by atomic mass is 10.2. The van der Waals surface area contributed by atoms with Crippen LogP contribution in [-0.2, 0) is 14.3 Å². The van der Waals surface area contributed by atoms with Crippen LogP contribution in [0.3, 0.4) is 0 Å². The summed E-state index contributed by atoms with van der Waals surface area (Å²) >= 11 is 0. The number of morpholine rings is 1. The van der Waals surface area contributed by atoms with E-state index in [1.807, 2.05) is 0 Å². The number of piperazine rings is 1. The molecule has 90 valence electrons. The molecule has 2 rings (SSSR count). The van der Waals surface area contributed by atoms with Crippen LogP contribution in [-0.4, -0.2) is 74.1 Å². The van der Waals surface area contributed by atoms with Crippen LogP contribution in [0.4, 0.5) is 0 Å². The Hall–Kier alpha value is -1.14. The molecule has 0 spiro atoms. The van der Waals surface area contributed by atoms with Crippen LogP contribution in [0, 0.1) is 0 Å². The van der Waals surface area contributed by atoms with Gasteiger partial charge in [0.05, 0.1) is 13.2 Å². The Balaban J connectivity index is 1.90. The van der Waals surface area contributed by atoms with Crippen molar-refractivity contribution >= 4 is 12.3 Å². The Labute approximate surface area is 94.5 Å². The third kappa shape index (κ3) is 2.51. The number of rotatable bonds is 2. The highest BCUT2D eigenvalue weighted by Crippen LogP contribution is 2.07. The minimum atomic E-state index is -0.475. The zero-order chi connectivity index (χ0) is 11.4. The molecular weight excluding hydrogens is 210 g/mol. The number of nitrogens with zero attached hydrogens (tertiary/aromatic N) is 2. The molecule has 2 aliphatic rings. The van der Waals surface area contributed by atoms with Gasteiger partial charge >= 0.3 is 0 Å². The Morgan fingerprint density at radius 3 is 2.75 bits per heavy atom. The van der Waals surface area contributed by atoms with E-state index in [0.29, 0.717) is 19.7 Å². The summed E-state index contributed by atoms with van der Waals surface area (Å²) in [5.74, 6) is 0.00745. The van der Waals surface area contributed by atoms with Gasteiger partial charge in [0.15, 0.2) is 6.10 Å². The van der Waals surface area contributed by atoms with Crippen molar-refractivity contribution in [2.24, 2.45) is 0 Å². The van der Waals surface area contributed by atoms with E-state index < -0.39 is 6.10 Å². The van der Waals surface area contributed by atoms with Crippen molar-refractivity contribution in [1.29, 1.82) is 0 Å². The molecule has 6 nitrogen and oxygen atoms in total. The Morgan fingerprint density at radius 2 is 2.06 bits per heavy atom. The quantitative estimate of drug-likeness (QED) is 0.570. The average Bonchev–Trinajstić information content (AvgIpc) is 2.39. The average molecular weight is 227 g/mol. The zero-order valence-corrected chi connectivity index (χ0v) is 9.22. The standard InChI is InChI=1S/C10H17N3O3/c14-8-12-5-6-16-9(7-12)10(15)13-3-1-11-2-4-13/h8-9,11H,1-7H2. The first-order valence-corrected chi connectivity index (χ1v) is 5.61. The van der Waals surface area contributed by atoms with E-state index >= 15 is 0 Å². The van der Waals surface area contributed by atoms with E-state index in [4.69, 9.17) is 4.74 Å². The molecule has 0 aromatic rings. The molecule has 0 bridgehead atoms. The van der Waals surface area contributed by atoms with Crippen molar-refractivity contribution < 1.29 is 14.3 Å². The Bertz CT molecular complexity index is 266. The SMILES string of the molecule is O=CN1CCOC(C(=O)N2CCNCC2)C1. The fourth-order valence-electron chi connectivity index (χ4n) is 2.00. The summed E-state index contributed by atoms with van der Waals surface area (Å²) in [6, 6.07) is 0. The molecule has 2 fully saturated rings. The highest BCUT2D eigenvalue weighted by atomic mass is 16.5. The van der Waals surface area contributed by atoms with E-state index in [1.54, 1.807) is 9.80 Å². The van der Waals surface area contributed by atoms with Gasteiger partial charge in [-0.15, -0.1) is 0 Å². The molecule has 0 aliphatic carbocycles. The van der Waals surface area contributed by atoms with Crippen molar-refractivity contribution in [3.8, 4) is 0 Å². The first kappa shape index (κ1) is 11.3. The van der Waals surface area contributed by atoms with Gasteiger partial charge in [0.2, 0.25) is 6.41 Å². The molecule has 2 amide bonds. The Morgan fingerprint density at radius 1 is 1.31 bits per heavy atom. The smallest absolute Gasteiger partial charge is 0.253 e. The van der Waals surface area contributed by atoms with Crippen LogP contribution < -0.4 is 5.32 Å². The molecular formula is C10H17N3O3. The van der Waals surface area contributed by atoms with Gasteiger partial charge < -0.3 is 19.9 Å². The molecule has 2 saturated heterocycles. The highest BCUT2D eigenvalue weighted by Gasteiger charge is 2.30. The number of amides is 2. The van der Waals surface area contributed by atoms with Gasteiger partial charge in [-0.05, 0) is 0 Å².